The average molecular weight is 218 g/mol. The van der Waals surface area contributed by atoms with Crippen molar-refractivity contribution in [1.82, 2.24) is 0 Å². The Morgan fingerprint density at radius 3 is 3.00 bits per heavy atom. The molecular weight excluding hydrogens is 196 g/mol. The van der Waals surface area contributed by atoms with E-state index in [9.17, 15) is 4.79 Å². The van der Waals surface area contributed by atoms with Crippen molar-refractivity contribution in [2.75, 3.05) is 0 Å². The van der Waals surface area contributed by atoms with E-state index in [1.54, 1.807) is 5.57 Å². The number of carbonyl (C=O) groups excluding carboxylic acids is 1. The zero-order valence-electron chi connectivity index (χ0n) is 10.7. The first-order chi connectivity index (χ1) is 7.58. The van der Waals surface area contributed by atoms with Crippen LogP contribution >= 0.6 is 0 Å². The number of rotatable bonds is 1. The summed E-state index contributed by atoms with van der Waals surface area (Å²) in [6.45, 7) is 6.71. The highest BCUT2D eigenvalue weighted by Gasteiger charge is 2.39. The number of carbonyl (C=O) groups is 1. The molecule has 0 saturated heterocycles. The van der Waals surface area contributed by atoms with Crippen LogP contribution in [-0.4, -0.2) is 6.29 Å². The van der Waals surface area contributed by atoms with Crippen LogP contribution in [0.2, 0.25) is 0 Å². The van der Waals surface area contributed by atoms with Gasteiger partial charge in [0.2, 0.25) is 0 Å². The lowest BCUT2D eigenvalue weighted by Gasteiger charge is -2.45. The van der Waals surface area contributed by atoms with E-state index in [2.05, 4.69) is 19.9 Å². The van der Waals surface area contributed by atoms with Gasteiger partial charge in [0.05, 0.1) is 0 Å². The summed E-state index contributed by atoms with van der Waals surface area (Å²) in [4.78, 5) is 10.9. The van der Waals surface area contributed by atoms with Gasteiger partial charge in [0.25, 0.3) is 0 Å². The van der Waals surface area contributed by atoms with Crippen LogP contribution in [0.5, 0.6) is 0 Å². The predicted molar refractivity (Wildman–Crippen MR) is 67.2 cm³/mol. The van der Waals surface area contributed by atoms with E-state index >= 15 is 0 Å². The van der Waals surface area contributed by atoms with Crippen molar-refractivity contribution >= 4 is 6.29 Å². The second-order valence-corrected chi connectivity index (χ2v) is 5.73. The number of fused-ring (bicyclic) bond motifs is 1. The minimum Gasteiger partial charge on any atom is -0.298 e. The summed E-state index contributed by atoms with van der Waals surface area (Å²) in [6, 6.07) is 0. The van der Waals surface area contributed by atoms with Crippen LogP contribution < -0.4 is 0 Å². The molecule has 2 unspecified atom stereocenters. The maximum atomic E-state index is 10.9. The van der Waals surface area contributed by atoms with Crippen LogP contribution in [0.15, 0.2) is 22.8 Å². The maximum absolute atomic E-state index is 10.9. The van der Waals surface area contributed by atoms with Gasteiger partial charge in [-0.25, -0.2) is 0 Å². The molecule has 0 aliphatic heterocycles. The summed E-state index contributed by atoms with van der Waals surface area (Å²) < 4.78 is 0. The van der Waals surface area contributed by atoms with E-state index in [1.807, 2.05) is 6.92 Å². The van der Waals surface area contributed by atoms with Crippen molar-refractivity contribution < 1.29 is 4.79 Å². The van der Waals surface area contributed by atoms with E-state index < -0.39 is 0 Å². The van der Waals surface area contributed by atoms with Crippen LogP contribution in [0.3, 0.4) is 0 Å². The maximum Gasteiger partial charge on any atom is 0.145 e. The van der Waals surface area contributed by atoms with Gasteiger partial charge in [-0.3, -0.25) is 4.79 Å². The molecule has 16 heavy (non-hydrogen) atoms. The Morgan fingerprint density at radius 1 is 1.56 bits per heavy atom. The molecule has 0 aromatic carbocycles. The van der Waals surface area contributed by atoms with Gasteiger partial charge in [-0.05, 0) is 55.9 Å². The molecule has 1 saturated carbocycles. The summed E-state index contributed by atoms with van der Waals surface area (Å²) >= 11 is 0. The molecule has 0 N–H and O–H groups in total. The van der Waals surface area contributed by atoms with Crippen LogP contribution in [-0.2, 0) is 4.79 Å². The highest BCUT2D eigenvalue weighted by molar-refractivity contribution is 5.74. The lowest BCUT2D eigenvalue weighted by atomic mass is 9.59. The van der Waals surface area contributed by atoms with Gasteiger partial charge in [-0.2, -0.15) is 0 Å². The quantitative estimate of drug-likeness (QED) is 0.368. The number of hydrogen-bond donors (Lipinski definition) is 0. The first-order valence-electron chi connectivity index (χ1n) is 6.41. The Morgan fingerprint density at radius 2 is 2.31 bits per heavy atom. The third-order valence-corrected chi connectivity index (χ3v) is 4.81. The third-order valence-electron chi connectivity index (χ3n) is 4.81. The molecule has 0 heterocycles. The minimum atomic E-state index is 0.329. The first kappa shape index (κ1) is 11.6. The largest absolute Gasteiger partial charge is 0.298 e. The third kappa shape index (κ3) is 1.77. The molecule has 0 spiro atoms. The van der Waals surface area contributed by atoms with Crippen molar-refractivity contribution in [3.63, 3.8) is 0 Å². The van der Waals surface area contributed by atoms with Crippen LogP contribution in [0.4, 0.5) is 0 Å². The summed E-state index contributed by atoms with van der Waals surface area (Å²) in [5, 5.41) is 0. The number of aldehydes is 1. The molecule has 2 atom stereocenters. The van der Waals surface area contributed by atoms with Crippen molar-refractivity contribution in [2.45, 2.75) is 52.9 Å². The smallest absolute Gasteiger partial charge is 0.145 e. The molecule has 1 nitrogen and oxygen atoms in total. The first-order valence-corrected chi connectivity index (χ1v) is 6.41. The molecule has 88 valence electrons. The van der Waals surface area contributed by atoms with E-state index in [-0.39, 0.29) is 0 Å². The standard InChI is InChI=1S/C15H22O/c1-11(10-16)13-7-8-14-6-4-5-12(2)15(14,3)9-13/h8,10,12H,4-7,9H2,1-3H3. The van der Waals surface area contributed by atoms with Gasteiger partial charge < -0.3 is 0 Å². The molecular formula is C15H22O. The molecule has 1 fully saturated rings. The molecule has 0 bridgehead atoms. The summed E-state index contributed by atoms with van der Waals surface area (Å²) in [6.07, 6.45) is 9.46. The molecule has 2 rings (SSSR count). The van der Waals surface area contributed by atoms with Crippen LogP contribution in [0.25, 0.3) is 0 Å². The Balaban J connectivity index is 2.35. The molecule has 0 amide bonds. The molecule has 0 aromatic heterocycles. The normalized spacial score (nSPS) is 37.4. The SMILES string of the molecule is CC(C=O)=C1CC=C2CCCC(C)C2(C)C1. The van der Waals surface area contributed by atoms with Crippen LogP contribution in [0, 0.1) is 11.3 Å². The zero-order valence-corrected chi connectivity index (χ0v) is 10.7. The predicted octanol–water partition coefficient (Wildman–Crippen LogP) is 4.05. The lowest BCUT2D eigenvalue weighted by Crippen LogP contribution is -2.34. The van der Waals surface area contributed by atoms with Gasteiger partial charge in [-0.1, -0.05) is 31.1 Å². The van der Waals surface area contributed by atoms with E-state index in [0.29, 0.717) is 5.41 Å². The second-order valence-electron chi connectivity index (χ2n) is 5.73. The lowest BCUT2D eigenvalue weighted by molar-refractivity contribution is -0.104. The van der Waals surface area contributed by atoms with E-state index in [0.717, 1.165) is 30.6 Å². The molecule has 1 heteroatoms. The molecule has 0 aromatic rings. The van der Waals surface area contributed by atoms with E-state index in [1.165, 1.54) is 24.8 Å². The van der Waals surface area contributed by atoms with Crippen molar-refractivity contribution in [3.05, 3.63) is 22.8 Å². The monoisotopic (exact) mass is 218 g/mol. The zero-order chi connectivity index (χ0) is 11.8. The molecule has 0 radical (unpaired) electrons. The van der Waals surface area contributed by atoms with Gasteiger partial charge in [-0.15, -0.1) is 0 Å². The highest BCUT2D eigenvalue weighted by atomic mass is 16.1. The highest BCUT2D eigenvalue weighted by Crippen LogP contribution is 2.52. The topological polar surface area (TPSA) is 17.1 Å². The fourth-order valence-electron chi connectivity index (χ4n) is 3.29. The second kappa shape index (κ2) is 4.20. The minimum absolute atomic E-state index is 0.329. The fraction of sp³-hybridized carbons (Fsp3) is 0.667. The Labute approximate surface area is 98.6 Å². The van der Waals surface area contributed by atoms with Crippen molar-refractivity contribution in [3.8, 4) is 0 Å². The Kier molecular flexibility index (Phi) is 3.05. The molecule has 2 aliphatic carbocycles. The number of hydrogen-bond acceptors (Lipinski definition) is 1. The van der Waals surface area contributed by atoms with Gasteiger partial charge in [0.1, 0.15) is 6.29 Å². The Bertz CT molecular complexity index is 362. The van der Waals surface area contributed by atoms with Crippen LogP contribution in [0.1, 0.15) is 52.9 Å². The van der Waals surface area contributed by atoms with Gasteiger partial charge >= 0.3 is 0 Å². The summed E-state index contributed by atoms with van der Waals surface area (Å²) in [7, 11) is 0. The molecule has 2 aliphatic rings. The fourth-order valence-corrected chi connectivity index (χ4v) is 3.29. The van der Waals surface area contributed by atoms with E-state index in [4.69, 9.17) is 0 Å². The van der Waals surface area contributed by atoms with Gasteiger partial charge in [0.15, 0.2) is 0 Å². The summed E-state index contributed by atoms with van der Waals surface area (Å²) in [5.74, 6) is 0.752. The summed E-state index contributed by atoms with van der Waals surface area (Å²) in [5.41, 5.74) is 4.29. The van der Waals surface area contributed by atoms with Gasteiger partial charge in [0, 0.05) is 0 Å². The number of allylic oxidation sites excluding steroid dienone is 4. The average Bonchev–Trinajstić information content (AvgIpc) is 2.29. The van der Waals surface area contributed by atoms with Crippen molar-refractivity contribution in [2.24, 2.45) is 11.3 Å². The van der Waals surface area contributed by atoms with Crippen molar-refractivity contribution in [1.29, 1.82) is 0 Å². The Hall–Kier alpha value is -0.850.